The van der Waals surface area contributed by atoms with E-state index in [9.17, 15) is 0 Å². The molecule has 0 aliphatic rings. The smallest absolute Gasteiger partial charge is 0.0786 e. The molecule has 0 fully saturated rings. The van der Waals surface area contributed by atoms with E-state index in [1.165, 1.54) is 94.9 Å². The predicted molar refractivity (Wildman–Crippen MR) is 90.5 cm³/mol. The minimum atomic E-state index is 0. The average molecular weight is 288 g/mol. The second-order valence-corrected chi connectivity index (χ2v) is 6.25. The van der Waals surface area contributed by atoms with Crippen LogP contribution in [0.3, 0.4) is 0 Å². The Kier molecular flexibility index (Phi) is 17.0. The van der Waals surface area contributed by atoms with Gasteiger partial charge in [0.1, 0.15) is 0 Å². The minimum absolute atomic E-state index is 0. The Balaban J connectivity index is 0. The fourth-order valence-corrected chi connectivity index (χ4v) is 3.07. The van der Waals surface area contributed by atoms with E-state index in [1.807, 2.05) is 0 Å². The van der Waals surface area contributed by atoms with E-state index in [4.69, 9.17) is 0 Å². The van der Waals surface area contributed by atoms with Gasteiger partial charge in [-0.3, -0.25) is 0 Å². The van der Waals surface area contributed by atoms with Gasteiger partial charge in [0, 0.05) is 0 Å². The van der Waals surface area contributed by atoms with Crippen molar-refractivity contribution in [2.24, 2.45) is 0 Å². The van der Waals surface area contributed by atoms with Crippen LogP contribution in [-0.2, 0) is 0 Å². The van der Waals surface area contributed by atoms with Crippen LogP contribution >= 0.6 is 0 Å². The molecule has 20 heavy (non-hydrogen) atoms. The molecule has 0 aliphatic carbocycles. The lowest BCUT2D eigenvalue weighted by atomic mass is 10.1. The lowest BCUT2D eigenvalue weighted by Crippen LogP contribution is -2.49. The van der Waals surface area contributed by atoms with Gasteiger partial charge in [0.25, 0.3) is 0 Å². The molecule has 1 N–H and O–H groups in total. The number of hydrogen-bond donors (Lipinski definition) is 0. The molecule has 0 saturated carbocycles. The van der Waals surface area contributed by atoms with Crippen molar-refractivity contribution in [1.29, 1.82) is 0 Å². The second-order valence-electron chi connectivity index (χ2n) is 6.25. The lowest BCUT2D eigenvalue weighted by molar-refractivity contribution is -0.925. The monoisotopic (exact) mass is 287 g/mol. The van der Waals surface area contributed by atoms with E-state index >= 15 is 0 Å². The van der Waals surface area contributed by atoms with E-state index in [-0.39, 0.29) is 5.48 Å². The zero-order valence-electron chi connectivity index (χ0n) is 14.8. The second kappa shape index (κ2) is 15.3. The molecular formula is C18H41NO. The molecule has 0 saturated heterocycles. The largest absolute Gasteiger partial charge is 0.870 e. The van der Waals surface area contributed by atoms with Gasteiger partial charge >= 0.3 is 0 Å². The number of hydrogen-bond acceptors (Lipinski definition) is 1. The topological polar surface area (TPSA) is 30.0 Å². The SMILES string of the molecule is CCCCCCC[N+](CC)(CC)CCCCCCC.[OH-]. The van der Waals surface area contributed by atoms with Crippen molar-refractivity contribution in [3.05, 3.63) is 0 Å². The first-order chi connectivity index (χ1) is 9.24. The third-order valence-electron chi connectivity index (χ3n) is 4.81. The third kappa shape index (κ3) is 10.7. The first-order valence-corrected chi connectivity index (χ1v) is 9.09. The van der Waals surface area contributed by atoms with Crippen LogP contribution in [0.2, 0.25) is 0 Å². The Hall–Kier alpha value is -0.0800. The van der Waals surface area contributed by atoms with Gasteiger partial charge in [0.05, 0.1) is 26.2 Å². The fraction of sp³-hybridized carbons (Fsp3) is 1.00. The van der Waals surface area contributed by atoms with Crippen LogP contribution in [0.25, 0.3) is 0 Å². The van der Waals surface area contributed by atoms with Gasteiger partial charge in [-0.1, -0.05) is 52.4 Å². The highest BCUT2D eigenvalue weighted by atomic mass is 16.0. The molecule has 2 heteroatoms. The van der Waals surface area contributed by atoms with E-state index in [0.29, 0.717) is 0 Å². The third-order valence-corrected chi connectivity index (χ3v) is 4.81. The molecule has 0 aromatic carbocycles. The summed E-state index contributed by atoms with van der Waals surface area (Å²) in [4.78, 5) is 0. The van der Waals surface area contributed by atoms with Crippen LogP contribution in [-0.4, -0.2) is 36.1 Å². The van der Waals surface area contributed by atoms with Crippen LogP contribution in [0, 0.1) is 0 Å². The molecule has 2 nitrogen and oxygen atoms in total. The van der Waals surface area contributed by atoms with Crippen LogP contribution in [0.15, 0.2) is 0 Å². The Bertz CT molecular complexity index is 162. The number of rotatable bonds is 14. The summed E-state index contributed by atoms with van der Waals surface area (Å²) >= 11 is 0. The molecule has 0 aliphatic heterocycles. The first kappa shape index (κ1) is 22.2. The molecule has 0 bridgehead atoms. The Morgan fingerprint density at radius 3 is 1.15 bits per heavy atom. The minimum Gasteiger partial charge on any atom is -0.870 e. The van der Waals surface area contributed by atoms with E-state index < -0.39 is 0 Å². The van der Waals surface area contributed by atoms with Gasteiger partial charge in [-0.25, -0.2) is 0 Å². The molecule has 0 rings (SSSR count). The fourth-order valence-electron chi connectivity index (χ4n) is 3.07. The van der Waals surface area contributed by atoms with Crippen molar-refractivity contribution < 1.29 is 9.96 Å². The van der Waals surface area contributed by atoms with E-state index in [2.05, 4.69) is 27.7 Å². The number of nitrogens with zero attached hydrogens (tertiary/aromatic N) is 1. The van der Waals surface area contributed by atoms with Crippen LogP contribution in [0.4, 0.5) is 0 Å². The Labute approximate surface area is 128 Å². The van der Waals surface area contributed by atoms with Crippen molar-refractivity contribution in [2.75, 3.05) is 26.2 Å². The zero-order chi connectivity index (χ0) is 14.4. The summed E-state index contributed by atoms with van der Waals surface area (Å²) in [6.45, 7) is 14.9. The van der Waals surface area contributed by atoms with Gasteiger partial charge in [-0.05, 0) is 39.5 Å². The standard InChI is InChI=1S/C18H40N.H2O/c1-5-9-11-13-15-17-19(7-3,8-4)18-16-14-12-10-6-2;/h5-18H2,1-4H3;1H2/q+1;/p-1. The van der Waals surface area contributed by atoms with E-state index in [0.717, 1.165) is 0 Å². The lowest BCUT2D eigenvalue weighted by Gasteiger charge is -2.37. The van der Waals surface area contributed by atoms with Crippen molar-refractivity contribution in [1.82, 2.24) is 0 Å². The van der Waals surface area contributed by atoms with Crippen molar-refractivity contribution in [3.8, 4) is 0 Å². The molecule has 0 unspecified atom stereocenters. The Morgan fingerprint density at radius 1 is 0.500 bits per heavy atom. The van der Waals surface area contributed by atoms with Crippen molar-refractivity contribution in [2.45, 2.75) is 91.9 Å². The van der Waals surface area contributed by atoms with Gasteiger partial charge in [-0.15, -0.1) is 0 Å². The molecule has 0 radical (unpaired) electrons. The first-order valence-electron chi connectivity index (χ1n) is 9.09. The molecule has 0 aromatic heterocycles. The summed E-state index contributed by atoms with van der Waals surface area (Å²) in [6.07, 6.45) is 14.2. The quantitative estimate of drug-likeness (QED) is 0.302. The predicted octanol–water partition coefficient (Wildman–Crippen LogP) is 5.61. The summed E-state index contributed by atoms with van der Waals surface area (Å²) in [6, 6.07) is 0. The van der Waals surface area contributed by atoms with Gasteiger partial charge < -0.3 is 9.96 Å². The molecule has 124 valence electrons. The van der Waals surface area contributed by atoms with Crippen molar-refractivity contribution >= 4 is 0 Å². The normalized spacial score (nSPS) is 11.4. The van der Waals surface area contributed by atoms with Crippen LogP contribution in [0.5, 0.6) is 0 Å². The van der Waals surface area contributed by atoms with Crippen LogP contribution in [0.1, 0.15) is 91.9 Å². The zero-order valence-corrected chi connectivity index (χ0v) is 14.8. The van der Waals surface area contributed by atoms with Gasteiger partial charge in [0.15, 0.2) is 0 Å². The summed E-state index contributed by atoms with van der Waals surface area (Å²) in [5.74, 6) is 0. The summed E-state index contributed by atoms with van der Waals surface area (Å²) in [5, 5.41) is 0. The van der Waals surface area contributed by atoms with Crippen LogP contribution < -0.4 is 0 Å². The van der Waals surface area contributed by atoms with Gasteiger partial charge in [-0.2, -0.15) is 0 Å². The summed E-state index contributed by atoms with van der Waals surface area (Å²) < 4.78 is 1.37. The molecule has 0 aromatic rings. The molecular weight excluding hydrogens is 246 g/mol. The number of quaternary nitrogens is 1. The summed E-state index contributed by atoms with van der Waals surface area (Å²) in [5.41, 5.74) is 0. The van der Waals surface area contributed by atoms with E-state index in [1.54, 1.807) is 0 Å². The molecule has 0 spiro atoms. The highest BCUT2D eigenvalue weighted by Crippen LogP contribution is 2.14. The highest BCUT2D eigenvalue weighted by Gasteiger charge is 2.21. The highest BCUT2D eigenvalue weighted by molar-refractivity contribution is 4.48. The average Bonchev–Trinajstić information content (AvgIpc) is 2.45. The molecule has 0 amide bonds. The molecule has 0 heterocycles. The van der Waals surface area contributed by atoms with Crippen molar-refractivity contribution in [3.63, 3.8) is 0 Å². The van der Waals surface area contributed by atoms with Gasteiger partial charge in [0.2, 0.25) is 0 Å². The maximum absolute atomic E-state index is 2.39. The maximum Gasteiger partial charge on any atom is 0.0786 e. The Morgan fingerprint density at radius 2 is 0.850 bits per heavy atom. The molecule has 0 atom stereocenters. The maximum atomic E-state index is 2.39. The summed E-state index contributed by atoms with van der Waals surface area (Å²) in [7, 11) is 0. The number of unbranched alkanes of at least 4 members (excludes halogenated alkanes) is 8.